The second kappa shape index (κ2) is 18.7. The van der Waals surface area contributed by atoms with Crippen LogP contribution in [0.5, 0.6) is 23.0 Å². The zero-order valence-corrected chi connectivity index (χ0v) is 34.0. The van der Waals surface area contributed by atoms with Crippen LogP contribution in [-0.2, 0) is 28.4 Å². The van der Waals surface area contributed by atoms with Gasteiger partial charge in [0.2, 0.25) is 11.8 Å². The van der Waals surface area contributed by atoms with Crippen LogP contribution in [-0.4, -0.2) is 59.7 Å². The van der Waals surface area contributed by atoms with E-state index in [1.165, 1.54) is 48.2 Å². The second-order valence-electron chi connectivity index (χ2n) is 13.4. The van der Waals surface area contributed by atoms with Gasteiger partial charge in [0.05, 0.1) is 50.6 Å². The number of nitriles is 1. The highest BCUT2D eigenvalue weighted by atomic mass is 32.2. The highest BCUT2D eigenvalue weighted by Gasteiger charge is 2.34. The molecule has 0 fully saturated rings. The van der Waals surface area contributed by atoms with Crippen molar-refractivity contribution in [3.8, 4) is 29.1 Å². The van der Waals surface area contributed by atoms with E-state index >= 15 is 0 Å². The van der Waals surface area contributed by atoms with Crippen LogP contribution in [0.2, 0.25) is 0 Å². The summed E-state index contributed by atoms with van der Waals surface area (Å²) < 4.78 is 101. The smallest absolute Gasteiger partial charge is 0.418 e. The van der Waals surface area contributed by atoms with E-state index in [0.717, 1.165) is 34.8 Å². The Morgan fingerprint density at radius 2 is 1.06 bits per heavy atom. The number of pyridine rings is 2. The topological polar surface area (TPSA) is 145 Å². The number of fused-ring (bicyclic) bond motifs is 4. The molecule has 0 spiro atoms. The van der Waals surface area contributed by atoms with Gasteiger partial charge in [-0.2, -0.15) is 31.6 Å². The third-order valence-electron chi connectivity index (χ3n) is 9.16. The maximum atomic E-state index is 13.1. The number of aromatic nitrogens is 2. The van der Waals surface area contributed by atoms with Crippen molar-refractivity contribution in [3.63, 3.8) is 0 Å². The lowest BCUT2D eigenvalue weighted by Gasteiger charge is -2.19. The number of para-hydroxylation sites is 2. The first-order chi connectivity index (χ1) is 29.7. The number of ether oxygens (including phenoxy) is 4. The van der Waals surface area contributed by atoms with Crippen LogP contribution in [0, 0.1) is 11.3 Å². The number of amides is 2. The summed E-state index contributed by atoms with van der Waals surface area (Å²) >= 11 is 2.15. The molecule has 19 heteroatoms. The molecule has 8 rings (SSSR count). The zero-order chi connectivity index (χ0) is 44.0. The number of nitrogens with zero attached hydrogens (tertiary/aromatic N) is 3. The monoisotopic (exact) mass is 893 g/mol. The van der Waals surface area contributed by atoms with Gasteiger partial charge >= 0.3 is 12.4 Å². The van der Waals surface area contributed by atoms with Gasteiger partial charge in [0, 0.05) is 22.9 Å². The summed E-state index contributed by atoms with van der Waals surface area (Å²) in [5.41, 5.74) is 0.0545. The van der Waals surface area contributed by atoms with Crippen LogP contribution in [0.15, 0.2) is 95.0 Å². The molecule has 0 radical (unpaired) electrons. The number of nitrogens with one attached hydrogen (secondary N) is 2. The summed E-state index contributed by atoms with van der Waals surface area (Å²) in [6, 6.07) is 22.4. The van der Waals surface area contributed by atoms with Gasteiger partial charge in [-0.3, -0.25) is 9.59 Å². The molecule has 2 aliphatic rings. The van der Waals surface area contributed by atoms with E-state index in [9.17, 15) is 41.2 Å². The van der Waals surface area contributed by atoms with Crippen molar-refractivity contribution >= 4 is 68.5 Å². The van der Waals surface area contributed by atoms with E-state index in [1.54, 1.807) is 24.3 Å². The Morgan fingerprint density at radius 3 is 1.52 bits per heavy atom. The van der Waals surface area contributed by atoms with E-state index in [0.29, 0.717) is 82.3 Å². The highest BCUT2D eigenvalue weighted by Crippen LogP contribution is 2.39. The zero-order valence-electron chi connectivity index (χ0n) is 32.4. The fourth-order valence-electron chi connectivity index (χ4n) is 6.32. The number of halogens is 6. The molecule has 2 N–H and O–H groups in total. The lowest BCUT2D eigenvalue weighted by atomic mass is 10.1. The number of alkyl halides is 6. The molecular weight excluding hydrogens is 861 g/mol. The van der Waals surface area contributed by atoms with Crippen LogP contribution < -0.4 is 29.6 Å². The molecule has 320 valence electrons. The molecule has 0 saturated heterocycles. The molecule has 6 aromatic rings. The predicted octanol–water partition coefficient (Wildman–Crippen LogP) is 9.95. The first-order valence-corrected chi connectivity index (χ1v) is 20.7. The van der Waals surface area contributed by atoms with Crippen molar-refractivity contribution in [2.75, 3.05) is 48.6 Å². The lowest BCUT2D eigenvalue weighted by Crippen LogP contribution is -2.18. The van der Waals surface area contributed by atoms with Crippen molar-refractivity contribution < 1.29 is 54.9 Å². The first kappa shape index (κ1) is 43.7. The van der Waals surface area contributed by atoms with Crippen LogP contribution >= 0.6 is 23.5 Å². The molecule has 0 unspecified atom stereocenters. The van der Waals surface area contributed by atoms with E-state index in [1.807, 2.05) is 25.1 Å². The Kier molecular flexibility index (Phi) is 13.2. The molecular formula is C43H33F6N5O6S2. The Bertz CT molecular complexity index is 2710. The number of aryl methyl sites for hydroxylation is 1. The second-order valence-corrected chi connectivity index (χ2v) is 15.3. The van der Waals surface area contributed by atoms with E-state index < -0.39 is 35.3 Å². The molecule has 0 bridgehead atoms. The van der Waals surface area contributed by atoms with Crippen molar-refractivity contribution in [1.29, 1.82) is 5.26 Å². The van der Waals surface area contributed by atoms with Crippen LogP contribution in [0.3, 0.4) is 0 Å². The normalized spacial score (nSPS) is 13.1. The van der Waals surface area contributed by atoms with Gasteiger partial charge in [0.1, 0.15) is 42.5 Å². The third-order valence-corrected chi connectivity index (χ3v) is 11.2. The van der Waals surface area contributed by atoms with E-state index in [-0.39, 0.29) is 28.4 Å². The van der Waals surface area contributed by atoms with Crippen LogP contribution in [0.1, 0.15) is 29.2 Å². The highest BCUT2D eigenvalue weighted by molar-refractivity contribution is 8.00. The summed E-state index contributed by atoms with van der Waals surface area (Å²) in [7, 11) is 0. The standard InChI is InChI=1S/C22H19F3N2O3S.C21H14F3N3O3S/c1-2-13-9-14-10-18-19(30-8-7-29-18)11-17(14)27-21(13)31-12-20(28)26-16-6-4-3-5-15(16)22(23,24)25;22-21(23,24)14-3-1-2-4-15(14)26-19(28)11-31-20-13(10-25)7-12-8-17-18(9-16(12)27-20)30-6-5-29-17/h3-6,9-11H,2,7-8,12H2,1H3,(H,26,28);1-4,7-9H,5-6,11H2,(H,26,28). The number of rotatable bonds is 9. The van der Waals surface area contributed by atoms with Gasteiger partial charge < -0.3 is 29.6 Å². The summed E-state index contributed by atoms with van der Waals surface area (Å²) in [5, 5.41) is 16.6. The van der Waals surface area contributed by atoms with Crippen LogP contribution in [0.4, 0.5) is 37.7 Å². The third kappa shape index (κ3) is 10.4. The van der Waals surface area contributed by atoms with Gasteiger partial charge in [0.25, 0.3) is 0 Å². The number of hydrogen-bond acceptors (Lipinski definition) is 11. The summed E-state index contributed by atoms with van der Waals surface area (Å²) in [6.45, 7) is 3.78. The lowest BCUT2D eigenvalue weighted by molar-refractivity contribution is -0.137. The Labute approximate surface area is 358 Å². The Hall–Kier alpha value is -6.39. The van der Waals surface area contributed by atoms with Crippen LogP contribution in [0.25, 0.3) is 21.8 Å². The molecule has 62 heavy (non-hydrogen) atoms. The van der Waals surface area contributed by atoms with Gasteiger partial charge in [-0.25, -0.2) is 9.97 Å². The summed E-state index contributed by atoms with van der Waals surface area (Å²) in [4.78, 5) is 33.7. The minimum Gasteiger partial charge on any atom is -0.486 e. The summed E-state index contributed by atoms with van der Waals surface area (Å²) in [5.74, 6) is 0.925. The van der Waals surface area contributed by atoms with Gasteiger partial charge in [0.15, 0.2) is 23.0 Å². The van der Waals surface area contributed by atoms with E-state index in [2.05, 4.69) is 20.6 Å². The molecule has 4 heterocycles. The molecule has 4 aromatic carbocycles. The average Bonchev–Trinajstić information content (AvgIpc) is 3.25. The molecule has 11 nitrogen and oxygen atoms in total. The summed E-state index contributed by atoms with van der Waals surface area (Å²) in [6.07, 6.45) is -8.44. The van der Waals surface area contributed by atoms with Gasteiger partial charge in [-0.1, -0.05) is 54.7 Å². The number of thioether (sulfide) groups is 2. The average molecular weight is 894 g/mol. The van der Waals surface area contributed by atoms with Gasteiger partial charge in [-0.05, 0) is 60.5 Å². The quantitative estimate of drug-likeness (QED) is 0.106. The first-order valence-electron chi connectivity index (χ1n) is 18.8. The Balaban J connectivity index is 0.000000186. The predicted molar refractivity (Wildman–Crippen MR) is 221 cm³/mol. The fourth-order valence-corrected chi connectivity index (χ4v) is 7.97. The molecule has 2 amide bonds. The minimum atomic E-state index is -4.59. The molecule has 0 atom stereocenters. The van der Waals surface area contributed by atoms with Crippen molar-refractivity contribution in [2.24, 2.45) is 0 Å². The molecule has 2 aliphatic heterocycles. The Morgan fingerprint density at radius 1 is 0.645 bits per heavy atom. The number of hydrogen-bond donors (Lipinski definition) is 2. The molecule has 0 saturated carbocycles. The molecule has 2 aromatic heterocycles. The minimum absolute atomic E-state index is 0.0672. The maximum absolute atomic E-state index is 13.1. The van der Waals surface area contributed by atoms with Crippen molar-refractivity contribution in [2.45, 2.75) is 35.7 Å². The van der Waals surface area contributed by atoms with Gasteiger partial charge in [-0.15, -0.1) is 0 Å². The number of carbonyl (C=O) groups is 2. The number of benzene rings is 4. The fraction of sp³-hybridized carbons (Fsp3) is 0.233. The number of anilines is 2. The molecule has 0 aliphatic carbocycles. The van der Waals surface area contributed by atoms with Crippen molar-refractivity contribution in [3.05, 3.63) is 107 Å². The SMILES string of the molecule is CCc1cc2cc3c(cc2nc1SCC(=O)Nc1ccccc1C(F)(F)F)OCCO3.N#Cc1cc2cc3c(cc2nc1SCC(=O)Nc1ccccc1C(F)(F)F)OCCO3. The van der Waals surface area contributed by atoms with E-state index in [4.69, 9.17) is 18.9 Å². The number of carbonyl (C=O) groups excluding carboxylic acids is 2. The van der Waals surface area contributed by atoms with Crippen molar-refractivity contribution in [1.82, 2.24) is 9.97 Å². The largest absolute Gasteiger partial charge is 0.486 e. The maximum Gasteiger partial charge on any atom is 0.418 e.